The zero-order valence-electron chi connectivity index (χ0n) is 15.0. The van der Waals surface area contributed by atoms with Gasteiger partial charge in [-0.25, -0.2) is 14.3 Å². The maximum atomic E-state index is 11.9. The summed E-state index contributed by atoms with van der Waals surface area (Å²) < 4.78 is 12.2. The third-order valence-corrected chi connectivity index (χ3v) is 4.22. The highest BCUT2D eigenvalue weighted by molar-refractivity contribution is 5.94. The van der Waals surface area contributed by atoms with Gasteiger partial charge in [-0.05, 0) is 31.2 Å². The summed E-state index contributed by atoms with van der Waals surface area (Å²) in [5.41, 5.74) is 3.00. The fraction of sp³-hybridized carbons (Fsp3) is 0.211. The number of rotatable bonds is 6. The number of imidazole rings is 1. The predicted octanol–water partition coefficient (Wildman–Crippen LogP) is 3.01. The van der Waals surface area contributed by atoms with Crippen LogP contribution in [0, 0.1) is 0 Å². The Balaban J connectivity index is 1.58. The van der Waals surface area contributed by atoms with E-state index in [2.05, 4.69) is 20.4 Å². The number of hydrogen-bond acceptors (Lipinski definition) is 6. The molecule has 8 nitrogen and oxygen atoms in total. The minimum absolute atomic E-state index is 0.337. The first-order valence-corrected chi connectivity index (χ1v) is 8.60. The first kappa shape index (κ1) is 16.9. The first-order valence-electron chi connectivity index (χ1n) is 8.60. The largest absolute Gasteiger partial charge is 0.496 e. The molecule has 0 fully saturated rings. The Hall–Kier alpha value is -3.55. The molecule has 0 saturated carbocycles. The number of carbonyl (C=O) groups excluding carboxylic acids is 1. The minimum Gasteiger partial charge on any atom is -0.496 e. The van der Waals surface area contributed by atoms with E-state index in [0.29, 0.717) is 36.0 Å². The molecule has 0 radical (unpaired) electrons. The molecule has 8 heteroatoms. The molecule has 27 heavy (non-hydrogen) atoms. The van der Waals surface area contributed by atoms with Crippen molar-refractivity contribution in [2.45, 2.75) is 13.5 Å². The van der Waals surface area contributed by atoms with Gasteiger partial charge in [-0.3, -0.25) is 5.10 Å². The van der Waals surface area contributed by atoms with Gasteiger partial charge in [0.1, 0.15) is 5.75 Å². The van der Waals surface area contributed by atoms with Gasteiger partial charge in [0, 0.05) is 12.1 Å². The summed E-state index contributed by atoms with van der Waals surface area (Å²) in [6, 6.07) is 13.1. The van der Waals surface area contributed by atoms with Crippen LogP contribution in [0.2, 0.25) is 0 Å². The fourth-order valence-corrected chi connectivity index (χ4v) is 2.93. The summed E-state index contributed by atoms with van der Waals surface area (Å²) in [6.07, 6.45) is 0. The van der Waals surface area contributed by atoms with Gasteiger partial charge in [0.05, 0.1) is 30.3 Å². The zero-order valence-corrected chi connectivity index (χ0v) is 15.0. The van der Waals surface area contributed by atoms with Crippen molar-refractivity contribution in [3.8, 4) is 5.75 Å². The second-order valence-electron chi connectivity index (χ2n) is 5.91. The molecule has 0 saturated heterocycles. The van der Waals surface area contributed by atoms with Crippen LogP contribution in [-0.2, 0) is 11.3 Å². The van der Waals surface area contributed by atoms with E-state index in [1.807, 2.05) is 30.3 Å². The van der Waals surface area contributed by atoms with Gasteiger partial charge >= 0.3 is 5.97 Å². The van der Waals surface area contributed by atoms with Crippen LogP contribution in [0.4, 0.5) is 5.95 Å². The lowest BCUT2D eigenvalue weighted by Crippen LogP contribution is -2.04. The summed E-state index contributed by atoms with van der Waals surface area (Å²) in [4.78, 5) is 20.8. The van der Waals surface area contributed by atoms with Gasteiger partial charge in [0.25, 0.3) is 5.78 Å². The van der Waals surface area contributed by atoms with Crippen molar-refractivity contribution in [1.82, 2.24) is 19.6 Å². The van der Waals surface area contributed by atoms with Crippen molar-refractivity contribution in [2.75, 3.05) is 19.0 Å². The topological polar surface area (TPSA) is 93.5 Å². The number of carbonyl (C=O) groups is 1. The first-order chi connectivity index (χ1) is 13.2. The average molecular weight is 365 g/mol. The van der Waals surface area contributed by atoms with Gasteiger partial charge in [0.15, 0.2) is 0 Å². The number of esters is 1. The highest BCUT2D eigenvalue weighted by Crippen LogP contribution is 2.21. The standard InChI is InChI=1S/C19H19N5O3/c1-3-27-17(25)12-8-9-15-14(10-12)21-19-22-18(23-24(15)19)20-11-13-6-4-5-7-16(13)26-2/h4-10H,3,11H2,1-2H3,(H2,20,21,22,23). The Morgan fingerprint density at radius 2 is 2.07 bits per heavy atom. The van der Waals surface area contributed by atoms with Crippen LogP contribution >= 0.6 is 0 Å². The number of aromatic nitrogens is 4. The Kier molecular flexibility index (Phi) is 4.37. The molecule has 0 spiro atoms. The van der Waals surface area contributed by atoms with Crippen LogP contribution in [-0.4, -0.2) is 39.3 Å². The predicted molar refractivity (Wildman–Crippen MR) is 101 cm³/mol. The van der Waals surface area contributed by atoms with E-state index in [-0.39, 0.29) is 5.97 Å². The lowest BCUT2D eigenvalue weighted by Gasteiger charge is -2.08. The number of benzene rings is 2. The van der Waals surface area contributed by atoms with E-state index in [1.54, 1.807) is 30.7 Å². The van der Waals surface area contributed by atoms with E-state index in [4.69, 9.17) is 9.47 Å². The Bertz CT molecular complexity index is 1120. The smallest absolute Gasteiger partial charge is 0.338 e. The molecule has 2 heterocycles. The molecule has 0 aliphatic heterocycles. The summed E-state index contributed by atoms with van der Waals surface area (Å²) in [5.74, 6) is 1.58. The lowest BCUT2D eigenvalue weighted by atomic mass is 10.2. The number of fused-ring (bicyclic) bond motifs is 3. The third-order valence-electron chi connectivity index (χ3n) is 4.22. The Morgan fingerprint density at radius 1 is 1.22 bits per heavy atom. The maximum Gasteiger partial charge on any atom is 0.338 e. The number of H-pyrrole nitrogens is 1. The molecule has 2 aromatic carbocycles. The van der Waals surface area contributed by atoms with Crippen LogP contribution in [0.3, 0.4) is 0 Å². The highest BCUT2D eigenvalue weighted by atomic mass is 16.5. The second-order valence-corrected chi connectivity index (χ2v) is 5.91. The van der Waals surface area contributed by atoms with Crippen molar-refractivity contribution in [3.63, 3.8) is 0 Å². The number of methoxy groups -OCH3 is 1. The molecule has 0 bridgehead atoms. The van der Waals surface area contributed by atoms with Crippen molar-refractivity contribution in [1.29, 1.82) is 0 Å². The van der Waals surface area contributed by atoms with Crippen LogP contribution < -0.4 is 10.1 Å². The van der Waals surface area contributed by atoms with Gasteiger partial charge in [-0.15, -0.1) is 0 Å². The summed E-state index contributed by atoms with van der Waals surface area (Å²) >= 11 is 0. The molecular weight excluding hydrogens is 346 g/mol. The van der Waals surface area contributed by atoms with E-state index in [9.17, 15) is 4.79 Å². The number of anilines is 1. The van der Waals surface area contributed by atoms with E-state index >= 15 is 0 Å². The normalized spacial score (nSPS) is 11.0. The minimum atomic E-state index is -0.358. The Labute approximate surface area is 155 Å². The zero-order chi connectivity index (χ0) is 18.8. The number of aromatic amines is 1. The number of hydrogen-bond donors (Lipinski definition) is 2. The van der Waals surface area contributed by atoms with E-state index in [0.717, 1.165) is 16.8 Å². The number of para-hydroxylation sites is 1. The van der Waals surface area contributed by atoms with E-state index in [1.165, 1.54) is 0 Å². The molecule has 0 amide bonds. The molecule has 2 aromatic heterocycles. The second kappa shape index (κ2) is 6.99. The maximum absolute atomic E-state index is 11.9. The summed E-state index contributed by atoms with van der Waals surface area (Å²) in [5, 5.41) is 6.42. The highest BCUT2D eigenvalue weighted by Gasteiger charge is 2.13. The van der Waals surface area contributed by atoms with Crippen molar-refractivity contribution in [2.24, 2.45) is 0 Å². The molecule has 138 valence electrons. The molecule has 4 aromatic rings. The van der Waals surface area contributed by atoms with Gasteiger partial charge in [0.2, 0.25) is 5.95 Å². The summed E-state index contributed by atoms with van der Waals surface area (Å²) in [7, 11) is 1.65. The van der Waals surface area contributed by atoms with Crippen molar-refractivity contribution < 1.29 is 14.3 Å². The van der Waals surface area contributed by atoms with Crippen LogP contribution in [0.1, 0.15) is 22.8 Å². The number of nitrogens with one attached hydrogen (secondary N) is 2. The van der Waals surface area contributed by atoms with Crippen LogP contribution in [0.15, 0.2) is 42.5 Å². The molecule has 0 aliphatic carbocycles. The van der Waals surface area contributed by atoms with Crippen molar-refractivity contribution >= 4 is 28.7 Å². The molecule has 0 unspecified atom stereocenters. The van der Waals surface area contributed by atoms with Crippen LogP contribution in [0.5, 0.6) is 5.75 Å². The number of ether oxygens (including phenoxy) is 2. The monoisotopic (exact) mass is 365 g/mol. The lowest BCUT2D eigenvalue weighted by molar-refractivity contribution is 0.0526. The van der Waals surface area contributed by atoms with Gasteiger partial charge in [-0.2, -0.15) is 4.98 Å². The fourth-order valence-electron chi connectivity index (χ4n) is 2.93. The molecule has 4 rings (SSSR count). The average Bonchev–Trinajstić information content (AvgIpc) is 3.23. The van der Waals surface area contributed by atoms with E-state index < -0.39 is 0 Å². The Morgan fingerprint density at radius 3 is 2.89 bits per heavy atom. The van der Waals surface area contributed by atoms with Gasteiger partial charge < -0.3 is 14.8 Å². The molecule has 2 N–H and O–H groups in total. The van der Waals surface area contributed by atoms with Crippen molar-refractivity contribution in [3.05, 3.63) is 53.6 Å². The number of nitrogens with zero attached hydrogens (tertiary/aromatic N) is 3. The molecular formula is C19H19N5O3. The van der Waals surface area contributed by atoms with Gasteiger partial charge in [-0.1, -0.05) is 18.2 Å². The summed E-state index contributed by atoms with van der Waals surface area (Å²) in [6.45, 7) is 2.68. The quantitative estimate of drug-likeness (QED) is 0.510. The molecule has 0 atom stereocenters. The SMILES string of the molecule is CCOC(=O)c1ccc2c(c1)nc1nc(NCc3ccccc3OC)[nH]n12. The third kappa shape index (κ3) is 3.17. The van der Waals surface area contributed by atoms with Crippen LogP contribution in [0.25, 0.3) is 16.8 Å². The molecule has 0 aliphatic rings.